The monoisotopic (exact) mass is 457 g/mol. The maximum atomic E-state index is 12.7. The molecule has 2 atom stereocenters. The SMILES string of the molecule is CCCCCCCCCCCC(=O)C1=NCC[N+]1(CCO)CC(O)CS(=O)(=O)[O-].[Na+]. The van der Waals surface area contributed by atoms with Crippen LogP contribution in [0.5, 0.6) is 0 Å². The molecule has 2 unspecified atom stereocenters. The van der Waals surface area contributed by atoms with Crippen molar-refractivity contribution in [3.8, 4) is 0 Å². The number of carbonyl (C=O) groups is 1. The first kappa shape index (κ1) is 30.1. The van der Waals surface area contributed by atoms with Gasteiger partial charge in [0, 0.05) is 6.42 Å². The molecule has 8 nitrogen and oxygen atoms in total. The van der Waals surface area contributed by atoms with Crippen molar-refractivity contribution < 1.29 is 62.0 Å². The van der Waals surface area contributed by atoms with Crippen molar-refractivity contribution in [3.05, 3.63) is 0 Å². The number of rotatable bonds is 17. The van der Waals surface area contributed by atoms with Gasteiger partial charge >= 0.3 is 29.6 Å². The summed E-state index contributed by atoms with van der Waals surface area (Å²) in [7, 11) is -4.57. The van der Waals surface area contributed by atoms with Gasteiger partial charge in [-0.3, -0.25) is 9.28 Å². The van der Waals surface area contributed by atoms with Crippen LogP contribution in [0.3, 0.4) is 0 Å². The van der Waals surface area contributed by atoms with Gasteiger partial charge in [-0.2, -0.15) is 0 Å². The molecule has 30 heavy (non-hydrogen) atoms. The number of quaternary nitrogens is 1. The minimum absolute atomic E-state index is 0. The Balaban J connectivity index is 0.00000841. The molecule has 0 radical (unpaired) electrons. The molecule has 1 rings (SSSR count). The van der Waals surface area contributed by atoms with E-state index in [4.69, 9.17) is 0 Å². The van der Waals surface area contributed by atoms with E-state index in [0.717, 1.165) is 19.3 Å². The molecule has 1 heterocycles. The molecule has 0 aromatic rings. The number of nitrogens with zero attached hydrogens (tertiary/aromatic N) is 2. The van der Waals surface area contributed by atoms with Crippen molar-refractivity contribution in [2.75, 3.05) is 38.5 Å². The molecule has 0 saturated carbocycles. The van der Waals surface area contributed by atoms with Crippen molar-refractivity contribution in [1.29, 1.82) is 0 Å². The minimum Gasteiger partial charge on any atom is -0.748 e. The fraction of sp³-hybridized carbons (Fsp3) is 0.900. The van der Waals surface area contributed by atoms with Crippen LogP contribution < -0.4 is 29.6 Å². The summed E-state index contributed by atoms with van der Waals surface area (Å²) in [5, 5.41) is 19.5. The molecular formula is C20H38N2NaO6S+. The molecule has 2 N–H and O–H groups in total. The van der Waals surface area contributed by atoms with Crippen molar-refractivity contribution in [2.24, 2.45) is 4.99 Å². The fourth-order valence-corrected chi connectivity index (χ4v) is 4.61. The summed E-state index contributed by atoms with van der Waals surface area (Å²) in [5.41, 5.74) is 0. The maximum Gasteiger partial charge on any atom is 1.00 e. The predicted octanol–water partition coefficient (Wildman–Crippen LogP) is -1.39. The van der Waals surface area contributed by atoms with Crippen LogP contribution in [0, 0.1) is 0 Å². The Hall–Kier alpha value is 0.130. The number of carbonyl (C=O) groups excluding carboxylic acids is 1. The fourth-order valence-electron chi connectivity index (χ4n) is 4.03. The Morgan fingerprint density at radius 2 is 1.70 bits per heavy atom. The quantitative estimate of drug-likeness (QED) is 0.120. The van der Waals surface area contributed by atoms with Gasteiger partial charge in [0.25, 0.3) is 5.84 Å². The number of aliphatic hydroxyl groups excluding tert-OH is 2. The Bertz CT molecular complexity index is 629. The van der Waals surface area contributed by atoms with E-state index in [2.05, 4.69) is 11.9 Å². The van der Waals surface area contributed by atoms with E-state index in [9.17, 15) is 28.0 Å². The van der Waals surface area contributed by atoms with Crippen LogP contribution in [0.1, 0.15) is 71.1 Å². The number of amidine groups is 1. The van der Waals surface area contributed by atoms with E-state index in [1.54, 1.807) is 0 Å². The van der Waals surface area contributed by atoms with Gasteiger partial charge in [0.15, 0.2) is 0 Å². The second-order valence-electron chi connectivity index (χ2n) is 8.08. The van der Waals surface area contributed by atoms with Crippen LogP contribution >= 0.6 is 0 Å². The minimum atomic E-state index is -4.57. The molecule has 1 aliphatic rings. The molecule has 0 amide bonds. The molecule has 10 heteroatoms. The van der Waals surface area contributed by atoms with E-state index >= 15 is 0 Å². The van der Waals surface area contributed by atoms with Crippen LogP contribution in [0.25, 0.3) is 0 Å². The van der Waals surface area contributed by atoms with Gasteiger partial charge in [0.2, 0.25) is 5.78 Å². The van der Waals surface area contributed by atoms with E-state index in [1.165, 1.54) is 38.5 Å². The standard InChI is InChI=1S/C20H38N2O6S.Na/c1-2-3-4-5-6-7-8-9-10-11-19(25)20-21-12-13-22(20,14-15-23)16-18(24)17-29(26,27)28;/h18,23-24H,2-17H2,1H3;/q;+1. The Morgan fingerprint density at radius 1 is 1.13 bits per heavy atom. The third-order valence-electron chi connectivity index (χ3n) is 5.48. The summed E-state index contributed by atoms with van der Waals surface area (Å²) in [5.74, 6) is -0.727. The Kier molecular flexibility index (Phi) is 15.9. The number of hydrogen-bond donors (Lipinski definition) is 2. The van der Waals surface area contributed by atoms with E-state index in [-0.39, 0.29) is 59.5 Å². The van der Waals surface area contributed by atoms with Gasteiger partial charge in [-0.1, -0.05) is 58.3 Å². The smallest absolute Gasteiger partial charge is 0.748 e. The second-order valence-corrected chi connectivity index (χ2v) is 9.53. The van der Waals surface area contributed by atoms with Gasteiger partial charge < -0.3 is 14.8 Å². The molecule has 0 aromatic heterocycles. The first-order valence-corrected chi connectivity index (χ1v) is 12.5. The molecule has 0 spiro atoms. The number of unbranched alkanes of at least 4 members (excludes halogenated alkanes) is 8. The summed E-state index contributed by atoms with van der Waals surface area (Å²) in [6, 6.07) is 0. The van der Waals surface area contributed by atoms with Crippen molar-refractivity contribution in [1.82, 2.24) is 0 Å². The number of ketones is 1. The molecule has 0 aromatic carbocycles. The Labute approximate surface area is 203 Å². The van der Waals surface area contributed by atoms with Crippen LogP contribution in [-0.4, -0.2) is 83.9 Å². The van der Waals surface area contributed by atoms with E-state index in [0.29, 0.717) is 25.3 Å². The largest absolute Gasteiger partial charge is 1.00 e. The zero-order chi connectivity index (χ0) is 21.8. The molecule has 0 fully saturated rings. The van der Waals surface area contributed by atoms with Crippen molar-refractivity contribution in [3.63, 3.8) is 0 Å². The average Bonchev–Trinajstić information content (AvgIpc) is 3.01. The van der Waals surface area contributed by atoms with Gasteiger partial charge in [-0.25, -0.2) is 13.4 Å². The average molecular weight is 458 g/mol. The van der Waals surface area contributed by atoms with E-state index in [1.807, 2.05) is 0 Å². The first-order valence-electron chi connectivity index (χ1n) is 10.9. The van der Waals surface area contributed by atoms with Gasteiger partial charge in [-0.05, 0) is 6.42 Å². The zero-order valence-corrected chi connectivity index (χ0v) is 21.5. The number of hydrogen-bond acceptors (Lipinski definition) is 7. The summed E-state index contributed by atoms with van der Waals surface area (Å²) in [6.45, 7) is 2.83. The molecule has 170 valence electrons. The summed E-state index contributed by atoms with van der Waals surface area (Å²) < 4.78 is 32.7. The van der Waals surface area contributed by atoms with Crippen LogP contribution in [0.2, 0.25) is 0 Å². The molecule has 0 saturated heterocycles. The maximum absolute atomic E-state index is 12.7. The zero-order valence-electron chi connectivity index (χ0n) is 18.7. The number of aliphatic hydroxyl groups is 2. The Morgan fingerprint density at radius 3 is 2.23 bits per heavy atom. The molecule has 1 aliphatic heterocycles. The predicted molar refractivity (Wildman–Crippen MR) is 112 cm³/mol. The third-order valence-corrected chi connectivity index (χ3v) is 6.27. The molecule has 0 bridgehead atoms. The van der Waals surface area contributed by atoms with Crippen molar-refractivity contribution >= 4 is 21.7 Å². The first-order chi connectivity index (χ1) is 13.7. The summed E-state index contributed by atoms with van der Waals surface area (Å²) in [6.07, 6.45) is 9.31. The molecule has 0 aliphatic carbocycles. The molecular weight excluding hydrogens is 419 g/mol. The van der Waals surface area contributed by atoms with Gasteiger partial charge in [0.1, 0.15) is 25.7 Å². The number of Topliss-reactive ketones (excluding diaryl/α,β-unsaturated/α-hetero) is 1. The topological polar surface area (TPSA) is 127 Å². The van der Waals surface area contributed by atoms with Gasteiger partial charge in [-0.15, -0.1) is 0 Å². The third kappa shape index (κ3) is 11.7. The van der Waals surface area contributed by atoms with Crippen molar-refractivity contribution in [2.45, 2.75) is 77.2 Å². The van der Waals surface area contributed by atoms with E-state index < -0.39 is 22.0 Å². The second kappa shape index (κ2) is 15.9. The van der Waals surface area contributed by atoms with Gasteiger partial charge in [0.05, 0.1) is 29.0 Å². The van der Waals surface area contributed by atoms with Crippen LogP contribution in [-0.2, 0) is 14.9 Å². The van der Waals surface area contributed by atoms with Crippen LogP contribution in [0.4, 0.5) is 0 Å². The van der Waals surface area contributed by atoms with Crippen LogP contribution in [0.15, 0.2) is 4.99 Å². The summed E-state index contributed by atoms with van der Waals surface area (Å²) >= 11 is 0. The summed E-state index contributed by atoms with van der Waals surface area (Å²) in [4.78, 5) is 17.0. The number of aliphatic imine (C=N–C) groups is 1. The normalized spacial score (nSPS) is 19.9.